The number of nitrogens with zero attached hydrogens (tertiary/aromatic N) is 2. The number of benzene rings is 2. The van der Waals surface area contributed by atoms with Crippen molar-refractivity contribution in [3.8, 4) is 0 Å². The minimum atomic E-state index is -3.14. The van der Waals surface area contributed by atoms with E-state index in [4.69, 9.17) is 0 Å². The molecule has 0 N–H and O–H groups in total. The maximum Gasteiger partial charge on any atom is 0.166 e. The zero-order valence-electron chi connectivity index (χ0n) is 20.3. The molecule has 0 saturated carbocycles. The highest BCUT2D eigenvalue weighted by Crippen LogP contribution is 2.23. The third-order valence-corrected chi connectivity index (χ3v) is 9.08. The first kappa shape index (κ1) is 25.7. The Morgan fingerprint density at radius 3 is 1.31 bits per heavy atom. The van der Waals surface area contributed by atoms with Crippen molar-refractivity contribution in [2.45, 2.75) is 25.7 Å². The number of carbonyl (C=O) groups is 2. The van der Waals surface area contributed by atoms with Gasteiger partial charge in [0.25, 0.3) is 0 Å². The smallest absolute Gasteiger partial charge is 0.166 e. The first-order valence-electron chi connectivity index (χ1n) is 12.7. The molecule has 0 amide bonds. The third kappa shape index (κ3) is 7.32. The Balaban J connectivity index is 1.14. The second kappa shape index (κ2) is 12.1. The van der Waals surface area contributed by atoms with Gasteiger partial charge in [-0.3, -0.25) is 9.59 Å². The van der Waals surface area contributed by atoms with Gasteiger partial charge in [-0.1, -0.05) is 60.7 Å². The average Bonchev–Trinajstić information content (AvgIpc) is 2.92. The van der Waals surface area contributed by atoms with Gasteiger partial charge in [0.2, 0.25) is 0 Å². The van der Waals surface area contributed by atoms with E-state index in [9.17, 15) is 18.0 Å². The molecule has 2 aliphatic rings. The summed E-state index contributed by atoms with van der Waals surface area (Å²) in [5.74, 6) is 0.781. The Kier molecular flexibility index (Phi) is 8.87. The summed E-state index contributed by atoms with van der Waals surface area (Å²) in [6.45, 7) is 4.12. The summed E-state index contributed by atoms with van der Waals surface area (Å²) < 4.78 is 25.3. The van der Waals surface area contributed by atoms with Gasteiger partial charge < -0.3 is 9.80 Å². The van der Waals surface area contributed by atoms with Crippen LogP contribution in [0.4, 0.5) is 0 Å². The topological polar surface area (TPSA) is 74.8 Å². The molecule has 2 aliphatic heterocycles. The van der Waals surface area contributed by atoms with Crippen LogP contribution < -0.4 is 0 Å². The highest BCUT2D eigenvalue weighted by Gasteiger charge is 2.28. The van der Waals surface area contributed by atoms with E-state index < -0.39 is 9.84 Å². The van der Waals surface area contributed by atoms with Crippen molar-refractivity contribution >= 4 is 21.4 Å². The molecule has 0 unspecified atom stereocenters. The molecule has 0 aliphatic carbocycles. The largest absolute Gasteiger partial charge is 0.302 e. The second-order valence-electron chi connectivity index (χ2n) is 9.84. The molecule has 0 atom stereocenters. The number of sulfone groups is 1. The number of hydrogen-bond acceptors (Lipinski definition) is 6. The van der Waals surface area contributed by atoms with Gasteiger partial charge >= 0.3 is 0 Å². The molecule has 7 heteroatoms. The van der Waals surface area contributed by atoms with Crippen LogP contribution in [0.2, 0.25) is 0 Å². The summed E-state index contributed by atoms with van der Waals surface area (Å²) in [5, 5.41) is 0. The Bertz CT molecular complexity index is 991. The lowest BCUT2D eigenvalue weighted by Gasteiger charge is -2.32. The molecule has 2 saturated heterocycles. The molecule has 2 aromatic carbocycles. The van der Waals surface area contributed by atoms with Crippen LogP contribution in [0.1, 0.15) is 46.4 Å². The summed E-state index contributed by atoms with van der Waals surface area (Å²) >= 11 is 0. The van der Waals surface area contributed by atoms with Gasteiger partial charge in [-0.05, 0) is 51.9 Å². The molecular formula is C28H36N2O4S. The second-order valence-corrected chi connectivity index (χ2v) is 12.1. The van der Waals surface area contributed by atoms with E-state index >= 15 is 0 Å². The number of rotatable bonds is 10. The van der Waals surface area contributed by atoms with E-state index in [-0.39, 0.29) is 34.9 Å². The molecule has 2 fully saturated rings. The molecule has 0 bridgehead atoms. The Labute approximate surface area is 209 Å². The summed E-state index contributed by atoms with van der Waals surface area (Å²) in [6, 6.07) is 18.8. The van der Waals surface area contributed by atoms with Gasteiger partial charge in [0.05, 0.1) is 11.5 Å². The van der Waals surface area contributed by atoms with Gasteiger partial charge in [-0.25, -0.2) is 8.42 Å². The molecule has 35 heavy (non-hydrogen) atoms. The molecular weight excluding hydrogens is 460 g/mol. The van der Waals surface area contributed by atoms with Gasteiger partial charge in [0, 0.05) is 36.1 Å². The van der Waals surface area contributed by atoms with Crippen LogP contribution in [0.3, 0.4) is 0 Å². The Morgan fingerprint density at radius 1 is 0.629 bits per heavy atom. The number of carbonyl (C=O) groups excluding carboxylic acids is 2. The number of Topliss-reactive ketones (excluding diaryl/α,β-unsaturated/α-hetero) is 2. The maximum atomic E-state index is 12.7. The summed E-state index contributed by atoms with van der Waals surface area (Å²) in [5.41, 5.74) is 1.53. The molecule has 0 spiro atoms. The minimum absolute atomic E-state index is 0.0296. The monoisotopic (exact) mass is 496 g/mol. The van der Waals surface area contributed by atoms with Crippen LogP contribution in [-0.2, 0) is 9.84 Å². The van der Waals surface area contributed by atoms with Crippen molar-refractivity contribution in [2.24, 2.45) is 11.8 Å². The fraction of sp³-hybridized carbons (Fsp3) is 0.500. The normalized spacial score (nSPS) is 19.0. The van der Waals surface area contributed by atoms with Crippen LogP contribution in [0.25, 0.3) is 0 Å². The third-order valence-electron chi connectivity index (χ3n) is 7.47. The minimum Gasteiger partial charge on any atom is -0.302 e. The van der Waals surface area contributed by atoms with Crippen molar-refractivity contribution in [1.82, 2.24) is 9.80 Å². The van der Waals surface area contributed by atoms with Crippen molar-refractivity contribution in [1.29, 1.82) is 0 Å². The van der Waals surface area contributed by atoms with Crippen LogP contribution >= 0.6 is 0 Å². The summed E-state index contributed by atoms with van der Waals surface area (Å²) in [6.07, 6.45) is 3.13. The zero-order chi connectivity index (χ0) is 24.7. The van der Waals surface area contributed by atoms with Crippen LogP contribution in [0.15, 0.2) is 60.7 Å². The number of ketones is 2. The average molecular weight is 497 g/mol. The molecule has 6 nitrogen and oxygen atoms in total. The van der Waals surface area contributed by atoms with Crippen LogP contribution in [-0.4, -0.2) is 80.6 Å². The van der Waals surface area contributed by atoms with Crippen molar-refractivity contribution in [3.63, 3.8) is 0 Å². The fourth-order valence-corrected chi connectivity index (χ4v) is 6.43. The lowest BCUT2D eigenvalue weighted by molar-refractivity contribution is 0.0839. The first-order chi connectivity index (χ1) is 16.9. The van der Waals surface area contributed by atoms with Crippen molar-refractivity contribution < 1.29 is 18.0 Å². The summed E-state index contributed by atoms with van der Waals surface area (Å²) in [7, 11) is -3.14. The quantitative estimate of drug-likeness (QED) is 0.468. The number of likely N-dealkylation sites (tertiary alicyclic amines) is 2. The standard InChI is InChI=1S/C28H36N2O4S/c31-27(23-7-3-1-4-8-23)25-11-15-29(16-12-25)19-21-35(33,34)22-20-30-17-13-26(14-18-30)28(32)24-9-5-2-6-10-24/h1-10,25-26H,11-22H2. The van der Waals surface area contributed by atoms with Crippen molar-refractivity contribution in [3.05, 3.63) is 71.8 Å². The highest BCUT2D eigenvalue weighted by atomic mass is 32.2. The Morgan fingerprint density at radius 2 is 0.971 bits per heavy atom. The zero-order valence-corrected chi connectivity index (χ0v) is 21.2. The fourth-order valence-electron chi connectivity index (χ4n) is 5.15. The number of piperidine rings is 2. The molecule has 188 valence electrons. The van der Waals surface area contributed by atoms with E-state index in [1.165, 1.54) is 0 Å². The first-order valence-corrected chi connectivity index (χ1v) is 14.6. The molecule has 2 aromatic rings. The molecule has 0 radical (unpaired) electrons. The SMILES string of the molecule is O=C(c1ccccc1)C1CCN(CCS(=O)(=O)CCN2CCC(C(=O)c3ccccc3)CC2)CC1. The van der Waals surface area contributed by atoms with Gasteiger partial charge in [0.15, 0.2) is 21.4 Å². The van der Waals surface area contributed by atoms with Crippen LogP contribution in [0.5, 0.6) is 0 Å². The van der Waals surface area contributed by atoms with E-state index in [1.807, 2.05) is 60.7 Å². The van der Waals surface area contributed by atoms with Crippen molar-refractivity contribution in [2.75, 3.05) is 50.8 Å². The Hall–Kier alpha value is -2.35. The molecule has 0 aromatic heterocycles. The maximum absolute atomic E-state index is 12.7. The van der Waals surface area contributed by atoms with Gasteiger partial charge in [0.1, 0.15) is 0 Å². The molecule has 2 heterocycles. The predicted octanol–water partition coefficient (Wildman–Crippen LogP) is 3.59. The van der Waals surface area contributed by atoms with E-state index in [1.54, 1.807) is 0 Å². The predicted molar refractivity (Wildman–Crippen MR) is 139 cm³/mol. The van der Waals surface area contributed by atoms with E-state index in [0.29, 0.717) is 13.1 Å². The van der Waals surface area contributed by atoms with E-state index in [0.717, 1.165) is 63.0 Å². The van der Waals surface area contributed by atoms with Crippen LogP contribution in [0, 0.1) is 11.8 Å². The van der Waals surface area contributed by atoms with Gasteiger partial charge in [-0.15, -0.1) is 0 Å². The molecule has 4 rings (SSSR count). The number of hydrogen-bond donors (Lipinski definition) is 0. The summed E-state index contributed by atoms with van der Waals surface area (Å²) in [4.78, 5) is 29.6. The van der Waals surface area contributed by atoms with E-state index in [2.05, 4.69) is 9.80 Å². The lowest BCUT2D eigenvalue weighted by atomic mass is 9.89. The highest BCUT2D eigenvalue weighted by molar-refractivity contribution is 7.91. The van der Waals surface area contributed by atoms with Gasteiger partial charge in [-0.2, -0.15) is 0 Å². The lowest BCUT2D eigenvalue weighted by Crippen LogP contribution is -2.41.